The van der Waals surface area contributed by atoms with Gasteiger partial charge in [-0.2, -0.15) is 5.26 Å². The van der Waals surface area contributed by atoms with Crippen molar-refractivity contribution in [2.45, 2.75) is 13.0 Å². The summed E-state index contributed by atoms with van der Waals surface area (Å²) < 4.78 is 21.5. The van der Waals surface area contributed by atoms with Crippen molar-refractivity contribution in [1.29, 1.82) is 5.26 Å². The molecule has 1 heterocycles. The maximum Gasteiger partial charge on any atom is 0.331 e. The van der Waals surface area contributed by atoms with E-state index >= 15 is 0 Å². The van der Waals surface area contributed by atoms with Crippen LogP contribution in [0.25, 0.3) is 6.08 Å². The molecule has 0 unspecified atom stereocenters. The van der Waals surface area contributed by atoms with Crippen LogP contribution in [0.1, 0.15) is 18.1 Å². The Balaban J connectivity index is 1.59. The Bertz CT molecular complexity index is 990. The third-order valence-corrected chi connectivity index (χ3v) is 4.21. The number of nitriles is 1. The summed E-state index contributed by atoms with van der Waals surface area (Å²) in [5.41, 5.74) is 1.64. The topological polar surface area (TPSA) is 107 Å². The first kappa shape index (κ1) is 20.7. The Labute approximate surface area is 173 Å². The number of amides is 1. The number of nitrogens with zero attached hydrogens (tertiary/aromatic N) is 1. The van der Waals surface area contributed by atoms with Crippen molar-refractivity contribution in [1.82, 2.24) is 0 Å². The van der Waals surface area contributed by atoms with Crippen LogP contribution in [0.3, 0.4) is 0 Å². The Morgan fingerprint density at radius 3 is 2.63 bits per heavy atom. The number of carbonyl (C=O) groups is 2. The maximum absolute atomic E-state index is 12.2. The highest BCUT2D eigenvalue weighted by atomic mass is 16.6. The minimum Gasteiger partial charge on any atom is -0.493 e. The number of benzene rings is 2. The summed E-state index contributed by atoms with van der Waals surface area (Å²) in [5, 5.41) is 11.4. The Hall–Kier alpha value is -3.99. The molecular weight excluding hydrogens is 388 g/mol. The summed E-state index contributed by atoms with van der Waals surface area (Å²) in [5.74, 6) is 0.393. The third-order valence-electron chi connectivity index (χ3n) is 4.21. The monoisotopic (exact) mass is 408 g/mol. The van der Waals surface area contributed by atoms with Gasteiger partial charge >= 0.3 is 5.97 Å². The Morgan fingerprint density at radius 1 is 1.20 bits per heavy atom. The molecule has 1 N–H and O–H groups in total. The van der Waals surface area contributed by atoms with E-state index in [-0.39, 0.29) is 0 Å². The molecule has 0 fully saturated rings. The van der Waals surface area contributed by atoms with Gasteiger partial charge in [-0.1, -0.05) is 0 Å². The molecule has 1 atom stereocenters. The van der Waals surface area contributed by atoms with E-state index < -0.39 is 18.0 Å². The summed E-state index contributed by atoms with van der Waals surface area (Å²) in [6.45, 7) is 2.34. The number of fused-ring (bicyclic) bond motifs is 1. The van der Waals surface area contributed by atoms with Crippen molar-refractivity contribution in [3.63, 3.8) is 0 Å². The van der Waals surface area contributed by atoms with E-state index in [0.717, 1.165) is 0 Å². The molecule has 2 aromatic rings. The van der Waals surface area contributed by atoms with Gasteiger partial charge in [0.2, 0.25) is 5.75 Å². The van der Waals surface area contributed by atoms with Gasteiger partial charge in [0.15, 0.2) is 17.6 Å². The maximum atomic E-state index is 12.2. The molecule has 1 aliphatic rings. The van der Waals surface area contributed by atoms with Crippen molar-refractivity contribution in [3.8, 4) is 23.3 Å². The van der Waals surface area contributed by atoms with Gasteiger partial charge in [-0.3, -0.25) is 4.79 Å². The lowest BCUT2D eigenvalue weighted by Gasteiger charge is -2.20. The smallest absolute Gasteiger partial charge is 0.331 e. The van der Waals surface area contributed by atoms with Crippen LogP contribution >= 0.6 is 0 Å². The van der Waals surface area contributed by atoms with E-state index in [1.54, 1.807) is 36.4 Å². The molecule has 8 heteroatoms. The van der Waals surface area contributed by atoms with E-state index in [2.05, 4.69) is 5.32 Å². The molecular formula is C22H20N2O6. The zero-order valence-electron chi connectivity index (χ0n) is 16.5. The molecule has 8 nitrogen and oxygen atoms in total. The van der Waals surface area contributed by atoms with E-state index in [4.69, 9.17) is 24.2 Å². The largest absolute Gasteiger partial charge is 0.493 e. The molecule has 30 heavy (non-hydrogen) atoms. The second-order valence-electron chi connectivity index (χ2n) is 6.34. The molecule has 1 aliphatic heterocycles. The fourth-order valence-electron chi connectivity index (χ4n) is 2.69. The fraction of sp³-hybridized carbons (Fsp3) is 0.227. The SMILES string of the molecule is COc1cc(/C=C/C(=O)O[C@H](C)C(=O)Nc2ccc(C#N)cc2)cc2c1OCCO2. The Kier molecular flexibility index (Phi) is 6.55. The van der Waals surface area contributed by atoms with Gasteiger partial charge in [-0.05, 0) is 55.0 Å². The summed E-state index contributed by atoms with van der Waals surface area (Å²) in [7, 11) is 1.52. The second kappa shape index (κ2) is 9.47. The first-order valence-electron chi connectivity index (χ1n) is 9.17. The molecule has 3 rings (SSSR count). The molecule has 1 amide bonds. The van der Waals surface area contributed by atoms with Gasteiger partial charge in [0.25, 0.3) is 5.91 Å². The van der Waals surface area contributed by atoms with Gasteiger partial charge in [-0.15, -0.1) is 0 Å². The van der Waals surface area contributed by atoms with Crippen LogP contribution in [0.4, 0.5) is 5.69 Å². The van der Waals surface area contributed by atoms with Gasteiger partial charge in [0, 0.05) is 11.8 Å². The number of hydrogen-bond donors (Lipinski definition) is 1. The van der Waals surface area contributed by atoms with Crippen LogP contribution in [-0.2, 0) is 14.3 Å². The van der Waals surface area contributed by atoms with Gasteiger partial charge < -0.3 is 24.3 Å². The van der Waals surface area contributed by atoms with Crippen molar-refractivity contribution in [3.05, 3.63) is 53.6 Å². The van der Waals surface area contributed by atoms with Crippen molar-refractivity contribution >= 4 is 23.6 Å². The number of carbonyl (C=O) groups excluding carboxylic acids is 2. The molecule has 0 spiro atoms. The molecule has 2 aromatic carbocycles. The van der Waals surface area contributed by atoms with Crippen molar-refractivity contribution < 1.29 is 28.5 Å². The number of ether oxygens (including phenoxy) is 4. The average molecular weight is 408 g/mol. The van der Waals surface area contributed by atoms with Gasteiger partial charge in [0.1, 0.15) is 13.2 Å². The highest BCUT2D eigenvalue weighted by Crippen LogP contribution is 2.40. The number of methoxy groups -OCH3 is 1. The summed E-state index contributed by atoms with van der Waals surface area (Å²) in [6.07, 6.45) is 1.75. The first-order valence-corrected chi connectivity index (χ1v) is 9.17. The van der Waals surface area contributed by atoms with Crippen LogP contribution in [0.2, 0.25) is 0 Å². The summed E-state index contributed by atoms with van der Waals surface area (Å²) in [6, 6.07) is 11.8. The summed E-state index contributed by atoms with van der Waals surface area (Å²) in [4.78, 5) is 24.3. The van der Waals surface area contributed by atoms with E-state index in [1.165, 1.54) is 26.2 Å². The van der Waals surface area contributed by atoms with E-state index in [0.29, 0.717) is 47.3 Å². The predicted octanol–water partition coefficient (Wildman–Crippen LogP) is 2.92. The van der Waals surface area contributed by atoms with E-state index in [1.807, 2.05) is 6.07 Å². The van der Waals surface area contributed by atoms with Crippen LogP contribution in [0.5, 0.6) is 17.2 Å². The number of esters is 1. The standard InChI is InChI=1S/C22H20N2O6/c1-14(22(26)24-17-6-3-15(13-23)4-7-17)30-20(25)8-5-16-11-18(27-2)21-19(12-16)28-9-10-29-21/h3-8,11-12,14H,9-10H2,1-2H3,(H,24,26)/b8-5+/t14-/m1/s1. The number of hydrogen-bond acceptors (Lipinski definition) is 7. The lowest BCUT2D eigenvalue weighted by molar-refractivity contribution is -0.148. The molecule has 0 saturated heterocycles. The van der Waals surface area contributed by atoms with E-state index in [9.17, 15) is 9.59 Å². The van der Waals surface area contributed by atoms with Gasteiger partial charge in [-0.25, -0.2) is 4.79 Å². The number of anilines is 1. The molecule has 0 saturated carbocycles. The van der Waals surface area contributed by atoms with Crippen LogP contribution < -0.4 is 19.5 Å². The van der Waals surface area contributed by atoms with Crippen LogP contribution in [0, 0.1) is 11.3 Å². The normalized spacial score (nSPS) is 13.2. The van der Waals surface area contributed by atoms with Gasteiger partial charge in [0.05, 0.1) is 18.7 Å². The average Bonchev–Trinajstić information content (AvgIpc) is 2.77. The van der Waals surface area contributed by atoms with Crippen LogP contribution in [-0.4, -0.2) is 38.3 Å². The fourth-order valence-corrected chi connectivity index (χ4v) is 2.69. The lowest BCUT2D eigenvalue weighted by Crippen LogP contribution is -2.29. The van der Waals surface area contributed by atoms with Crippen molar-refractivity contribution in [2.24, 2.45) is 0 Å². The first-order chi connectivity index (χ1) is 14.5. The third kappa shape index (κ3) is 5.08. The molecule has 0 aliphatic carbocycles. The minimum absolute atomic E-state index is 0.428. The molecule has 154 valence electrons. The highest BCUT2D eigenvalue weighted by molar-refractivity contribution is 5.96. The molecule has 0 radical (unpaired) electrons. The Morgan fingerprint density at radius 2 is 1.93 bits per heavy atom. The quantitative estimate of drug-likeness (QED) is 0.578. The molecule has 0 aromatic heterocycles. The van der Waals surface area contributed by atoms with Crippen molar-refractivity contribution in [2.75, 3.05) is 25.6 Å². The predicted molar refractivity (Wildman–Crippen MR) is 108 cm³/mol. The zero-order chi connectivity index (χ0) is 21.5. The second-order valence-corrected chi connectivity index (χ2v) is 6.34. The zero-order valence-corrected chi connectivity index (χ0v) is 16.5. The lowest BCUT2D eigenvalue weighted by atomic mass is 10.1. The molecule has 0 bridgehead atoms. The number of rotatable bonds is 6. The summed E-state index contributed by atoms with van der Waals surface area (Å²) >= 11 is 0. The highest BCUT2D eigenvalue weighted by Gasteiger charge is 2.19. The number of nitrogens with one attached hydrogen (secondary N) is 1. The van der Waals surface area contributed by atoms with Crippen LogP contribution in [0.15, 0.2) is 42.5 Å². The minimum atomic E-state index is -1.01.